The van der Waals surface area contributed by atoms with Crippen molar-refractivity contribution in [2.45, 2.75) is 6.92 Å². The number of benzene rings is 2. The van der Waals surface area contributed by atoms with Gasteiger partial charge in [-0.05, 0) is 30.7 Å². The lowest BCUT2D eigenvalue weighted by atomic mass is 10.2. The number of aryl methyl sites for hydroxylation is 1. The lowest BCUT2D eigenvalue weighted by molar-refractivity contribution is 0.629. The highest BCUT2D eigenvalue weighted by Gasteiger charge is 2.07. The molecule has 0 amide bonds. The second-order valence-corrected chi connectivity index (χ2v) is 4.76. The fourth-order valence-corrected chi connectivity index (χ4v) is 1.85. The minimum Gasteiger partial charge on any atom is -0.397 e. The van der Waals surface area contributed by atoms with Crippen LogP contribution in [0.15, 0.2) is 30.3 Å². The molecule has 2 nitrogen and oxygen atoms in total. The topological polar surface area (TPSA) is 38.0 Å². The van der Waals surface area contributed by atoms with Gasteiger partial charge in [0.2, 0.25) is 0 Å². The number of nitrogens with one attached hydrogen (secondary N) is 1. The Morgan fingerprint density at radius 1 is 1.11 bits per heavy atom. The van der Waals surface area contributed by atoms with Gasteiger partial charge in [0.25, 0.3) is 0 Å². The largest absolute Gasteiger partial charge is 0.397 e. The van der Waals surface area contributed by atoms with E-state index in [9.17, 15) is 4.39 Å². The Hall–Kier alpha value is -1.45. The van der Waals surface area contributed by atoms with E-state index in [2.05, 4.69) is 5.32 Å². The molecule has 0 spiro atoms. The van der Waals surface area contributed by atoms with Crippen LogP contribution in [-0.2, 0) is 0 Å². The van der Waals surface area contributed by atoms with Crippen LogP contribution in [0.3, 0.4) is 0 Å². The molecule has 2 aromatic carbocycles. The molecule has 18 heavy (non-hydrogen) atoms. The van der Waals surface area contributed by atoms with Crippen molar-refractivity contribution in [1.29, 1.82) is 0 Å². The van der Waals surface area contributed by atoms with Gasteiger partial charge in [-0.2, -0.15) is 0 Å². The number of halogens is 3. The van der Waals surface area contributed by atoms with Gasteiger partial charge in [-0.3, -0.25) is 0 Å². The van der Waals surface area contributed by atoms with E-state index in [4.69, 9.17) is 28.9 Å². The molecule has 0 aliphatic carbocycles. The van der Waals surface area contributed by atoms with Crippen LogP contribution in [0.25, 0.3) is 0 Å². The molecule has 3 N–H and O–H groups in total. The van der Waals surface area contributed by atoms with Crippen LogP contribution < -0.4 is 11.1 Å². The number of hydrogen-bond donors (Lipinski definition) is 2. The van der Waals surface area contributed by atoms with Gasteiger partial charge in [-0.15, -0.1) is 0 Å². The van der Waals surface area contributed by atoms with Gasteiger partial charge in [-0.1, -0.05) is 29.3 Å². The first-order valence-electron chi connectivity index (χ1n) is 5.25. The van der Waals surface area contributed by atoms with Gasteiger partial charge in [0.05, 0.1) is 16.4 Å². The summed E-state index contributed by atoms with van der Waals surface area (Å²) in [5.41, 5.74) is 8.29. The van der Waals surface area contributed by atoms with E-state index in [1.54, 1.807) is 6.07 Å². The average Bonchev–Trinajstić information content (AvgIpc) is 2.31. The maximum Gasteiger partial charge on any atom is 0.144 e. The predicted molar refractivity (Wildman–Crippen MR) is 75.3 cm³/mol. The molecule has 0 heterocycles. The van der Waals surface area contributed by atoms with Gasteiger partial charge in [0, 0.05) is 16.8 Å². The van der Waals surface area contributed by atoms with E-state index in [-0.39, 0.29) is 5.02 Å². The molecular formula is C13H11Cl2FN2. The quantitative estimate of drug-likeness (QED) is 0.780. The van der Waals surface area contributed by atoms with Gasteiger partial charge in [-0.25, -0.2) is 4.39 Å². The maximum atomic E-state index is 13.4. The summed E-state index contributed by atoms with van der Waals surface area (Å²) in [7, 11) is 0. The summed E-state index contributed by atoms with van der Waals surface area (Å²) in [4.78, 5) is 0. The van der Waals surface area contributed by atoms with E-state index >= 15 is 0 Å². The Balaban J connectivity index is 2.34. The van der Waals surface area contributed by atoms with Crippen molar-refractivity contribution in [3.05, 3.63) is 51.8 Å². The Morgan fingerprint density at radius 3 is 2.50 bits per heavy atom. The molecule has 0 bridgehead atoms. The van der Waals surface area contributed by atoms with Gasteiger partial charge in [0.15, 0.2) is 0 Å². The monoisotopic (exact) mass is 284 g/mol. The van der Waals surface area contributed by atoms with E-state index in [1.165, 1.54) is 12.1 Å². The highest BCUT2D eigenvalue weighted by Crippen LogP contribution is 2.30. The molecular weight excluding hydrogens is 274 g/mol. The number of nitrogens with two attached hydrogens (primary N) is 1. The summed E-state index contributed by atoms with van der Waals surface area (Å²) in [5, 5.41) is 3.63. The summed E-state index contributed by atoms with van der Waals surface area (Å²) in [6.07, 6.45) is 0. The van der Waals surface area contributed by atoms with E-state index in [0.717, 1.165) is 11.3 Å². The van der Waals surface area contributed by atoms with Crippen molar-refractivity contribution >= 4 is 40.3 Å². The minimum atomic E-state index is -0.522. The number of rotatable bonds is 2. The zero-order chi connectivity index (χ0) is 13.3. The molecule has 0 unspecified atom stereocenters. The number of hydrogen-bond acceptors (Lipinski definition) is 2. The molecule has 5 heteroatoms. The smallest absolute Gasteiger partial charge is 0.144 e. The zero-order valence-corrected chi connectivity index (χ0v) is 11.1. The Kier molecular flexibility index (Phi) is 3.64. The predicted octanol–water partition coefficient (Wildman–Crippen LogP) is 4.77. The number of nitrogen functional groups attached to an aromatic ring is 1. The zero-order valence-electron chi connectivity index (χ0n) is 9.60. The third kappa shape index (κ3) is 2.68. The molecule has 94 valence electrons. The van der Waals surface area contributed by atoms with Crippen LogP contribution in [0.2, 0.25) is 10.0 Å². The second-order valence-electron chi connectivity index (χ2n) is 3.94. The molecule has 0 aliphatic heterocycles. The van der Waals surface area contributed by atoms with E-state index < -0.39 is 5.82 Å². The van der Waals surface area contributed by atoms with Gasteiger partial charge in [0.1, 0.15) is 5.82 Å². The standard InChI is InChI=1S/C13H11Cl2FN2/c1-7-2-3-8(4-9(7)14)18-13-6-11(16)10(15)5-12(13)17/h2-6,18H,17H2,1H3. The first kappa shape index (κ1) is 13.0. The fourth-order valence-electron chi connectivity index (χ4n) is 1.50. The highest BCUT2D eigenvalue weighted by molar-refractivity contribution is 6.31. The van der Waals surface area contributed by atoms with Crippen molar-refractivity contribution in [1.82, 2.24) is 0 Å². The van der Waals surface area contributed by atoms with Crippen molar-refractivity contribution in [2.75, 3.05) is 11.1 Å². The summed E-state index contributed by atoms with van der Waals surface area (Å²) >= 11 is 11.6. The van der Waals surface area contributed by atoms with Gasteiger partial charge >= 0.3 is 0 Å². The summed E-state index contributed by atoms with van der Waals surface area (Å²) in [6, 6.07) is 8.09. The minimum absolute atomic E-state index is 0.0000106. The van der Waals surface area contributed by atoms with Crippen molar-refractivity contribution in [2.24, 2.45) is 0 Å². The lowest BCUT2D eigenvalue weighted by Crippen LogP contribution is -1.98. The molecule has 0 fully saturated rings. The van der Waals surface area contributed by atoms with Crippen LogP contribution in [0, 0.1) is 12.7 Å². The van der Waals surface area contributed by atoms with Crippen LogP contribution in [0.1, 0.15) is 5.56 Å². The first-order chi connectivity index (χ1) is 8.47. The third-order valence-corrected chi connectivity index (χ3v) is 3.24. The van der Waals surface area contributed by atoms with E-state index in [0.29, 0.717) is 16.4 Å². The van der Waals surface area contributed by atoms with Crippen molar-refractivity contribution in [3.8, 4) is 0 Å². The van der Waals surface area contributed by atoms with Crippen LogP contribution in [0.5, 0.6) is 0 Å². The third-order valence-electron chi connectivity index (χ3n) is 2.54. The second kappa shape index (κ2) is 5.04. The fraction of sp³-hybridized carbons (Fsp3) is 0.0769. The Morgan fingerprint density at radius 2 is 1.83 bits per heavy atom. The molecule has 0 saturated carbocycles. The van der Waals surface area contributed by atoms with Crippen LogP contribution in [0.4, 0.5) is 21.5 Å². The molecule has 0 radical (unpaired) electrons. The average molecular weight is 285 g/mol. The molecule has 0 saturated heterocycles. The maximum absolute atomic E-state index is 13.4. The molecule has 0 aromatic heterocycles. The normalized spacial score (nSPS) is 10.4. The molecule has 0 atom stereocenters. The summed E-state index contributed by atoms with van der Waals surface area (Å²) in [6.45, 7) is 1.91. The lowest BCUT2D eigenvalue weighted by Gasteiger charge is -2.11. The van der Waals surface area contributed by atoms with E-state index in [1.807, 2.05) is 19.1 Å². The van der Waals surface area contributed by atoms with Crippen LogP contribution in [-0.4, -0.2) is 0 Å². The van der Waals surface area contributed by atoms with Crippen molar-refractivity contribution < 1.29 is 4.39 Å². The van der Waals surface area contributed by atoms with Crippen LogP contribution >= 0.6 is 23.2 Å². The number of anilines is 3. The summed E-state index contributed by atoms with van der Waals surface area (Å²) in [5.74, 6) is -0.522. The Labute approximate surface area is 115 Å². The highest BCUT2D eigenvalue weighted by atomic mass is 35.5. The summed E-state index contributed by atoms with van der Waals surface area (Å²) < 4.78 is 13.4. The molecule has 0 aliphatic rings. The SMILES string of the molecule is Cc1ccc(Nc2cc(F)c(Cl)cc2N)cc1Cl. The van der Waals surface area contributed by atoms with Crippen molar-refractivity contribution in [3.63, 3.8) is 0 Å². The molecule has 2 aromatic rings. The molecule has 2 rings (SSSR count). The Bertz CT molecular complexity index is 600. The van der Waals surface area contributed by atoms with Gasteiger partial charge < -0.3 is 11.1 Å². The first-order valence-corrected chi connectivity index (χ1v) is 6.00.